The van der Waals surface area contributed by atoms with Crippen molar-refractivity contribution in [2.75, 3.05) is 12.8 Å². The number of methoxy groups -OCH3 is 1. The molecule has 0 heterocycles. The molecule has 2 N–H and O–H groups in total. The smallest absolute Gasteiger partial charge is 0.338 e. The van der Waals surface area contributed by atoms with Gasteiger partial charge in [0.25, 0.3) is 0 Å². The van der Waals surface area contributed by atoms with E-state index in [0.29, 0.717) is 17.0 Å². The molecule has 0 unspecified atom stereocenters. The van der Waals surface area contributed by atoms with Crippen LogP contribution in [0, 0.1) is 0 Å². The SMILES string of the molecule is COc1cc(N)cc(C(=O)OC2CCCC2)c1. The standard InChI is InChI=1S/C13H17NO3/c1-16-12-7-9(6-10(14)8-12)13(15)17-11-4-2-3-5-11/h6-8,11H,2-5,14H2,1H3. The summed E-state index contributed by atoms with van der Waals surface area (Å²) in [5.41, 5.74) is 6.65. The van der Waals surface area contributed by atoms with Crippen molar-refractivity contribution in [1.29, 1.82) is 0 Å². The van der Waals surface area contributed by atoms with E-state index in [1.807, 2.05) is 0 Å². The van der Waals surface area contributed by atoms with Crippen LogP contribution >= 0.6 is 0 Å². The molecular weight excluding hydrogens is 218 g/mol. The van der Waals surface area contributed by atoms with Gasteiger partial charge in [0.2, 0.25) is 0 Å². The van der Waals surface area contributed by atoms with Gasteiger partial charge in [0.1, 0.15) is 11.9 Å². The second-order valence-electron chi connectivity index (χ2n) is 4.31. The number of carbonyl (C=O) groups is 1. The highest BCUT2D eigenvalue weighted by molar-refractivity contribution is 5.91. The topological polar surface area (TPSA) is 61.5 Å². The van der Waals surface area contributed by atoms with E-state index in [9.17, 15) is 4.79 Å². The van der Waals surface area contributed by atoms with E-state index in [0.717, 1.165) is 25.7 Å². The Morgan fingerprint density at radius 3 is 2.65 bits per heavy atom. The zero-order chi connectivity index (χ0) is 12.3. The molecule has 0 spiro atoms. The molecule has 1 saturated carbocycles. The number of nitrogen functional groups attached to an aromatic ring is 1. The minimum absolute atomic E-state index is 0.0647. The number of carbonyl (C=O) groups excluding carboxylic acids is 1. The lowest BCUT2D eigenvalue weighted by atomic mass is 10.2. The third kappa shape index (κ3) is 2.90. The molecule has 1 aromatic carbocycles. The van der Waals surface area contributed by atoms with E-state index in [4.69, 9.17) is 15.2 Å². The predicted molar refractivity (Wildman–Crippen MR) is 65.1 cm³/mol. The van der Waals surface area contributed by atoms with Crippen LogP contribution in [0.4, 0.5) is 5.69 Å². The molecule has 2 rings (SSSR count). The van der Waals surface area contributed by atoms with Crippen molar-refractivity contribution in [3.8, 4) is 5.75 Å². The Labute approximate surface area is 101 Å². The van der Waals surface area contributed by atoms with Crippen molar-refractivity contribution >= 4 is 11.7 Å². The second-order valence-corrected chi connectivity index (χ2v) is 4.31. The maximum atomic E-state index is 11.9. The summed E-state index contributed by atoms with van der Waals surface area (Å²) < 4.78 is 10.5. The minimum Gasteiger partial charge on any atom is -0.497 e. The van der Waals surface area contributed by atoms with Crippen molar-refractivity contribution < 1.29 is 14.3 Å². The average molecular weight is 235 g/mol. The Morgan fingerprint density at radius 2 is 2.00 bits per heavy atom. The van der Waals surface area contributed by atoms with Crippen molar-refractivity contribution in [3.05, 3.63) is 23.8 Å². The molecule has 0 saturated heterocycles. The highest BCUT2D eigenvalue weighted by atomic mass is 16.5. The normalized spacial score (nSPS) is 15.8. The molecule has 17 heavy (non-hydrogen) atoms. The average Bonchev–Trinajstić information content (AvgIpc) is 2.81. The van der Waals surface area contributed by atoms with Gasteiger partial charge in [-0.05, 0) is 37.8 Å². The number of anilines is 1. The summed E-state index contributed by atoms with van der Waals surface area (Å²) in [6.45, 7) is 0. The van der Waals surface area contributed by atoms with E-state index < -0.39 is 0 Å². The minimum atomic E-state index is -0.317. The van der Waals surface area contributed by atoms with E-state index in [-0.39, 0.29) is 12.1 Å². The lowest BCUT2D eigenvalue weighted by molar-refractivity contribution is 0.0317. The largest absolute Gasteiger partial charge is 0.497 e. The van der Waals surface area contributed by atoms with Gasteiger partial charge >= 0.3 is 5.97 Å². The molecule has 0 radical (unpaired) electrons. The highest BCUT2D eigenvalue weighted by Crippen LogP contribution is 2.24. The molecule has 92 valence electrons. The van der Waals surface area contributed by atoms with E-state index >= 15 is 0 Å². The van der Waals surface area contributed by atoms with Crippen LogP contribution in [0.5, 0.6) is 5.75 Å². The fourth-order valence-electron chi connectivity index (χ4n) is 2.08. The van der Waals surface area contributed by atoms with Crippen molar-refractivity contribution in [1.82, 2.24) is 0 Å². The summed E-state index contributed by atoms with van der Waals surface area (Å²) in [6, 6.07) is 4.93. The molecule has 1 aliphatic carbocycles. The van der Waals surface area contributed by atoms with Gasteiger partial charge in [-0.15, -0.1) is 0 Å². The number of hydrogen-bond acceptors (Lipinski definition) is 4. The van der Waals surface area contributed by atoms with Crippen LogP contribution in [0.2, 0.25) is 0 Å². The summed E-state index contributed by atoms with van der Waals surface area (Å²) in [6.07, 6.45) is 4.27. The molecule has 1 fully saturated rings. The van der Waals surface area contributed by atoms with E-state index in [2.05, 4.69) is 0 Å². The Bertz CT molecular complexity index is 411. The van der Waals surface area contributed by atoms with E-state index in [1.165, 1.54) is 0 Å². The molecule has 4 nitrogen and oxygen atoms in total. The summed E-state index contributed by atoms with van der Waals surface area (Å²) >= 11 is 0. The summed E-state index contributed by atoms with van der Waals surface area (Å²) in [5.74, 6) is 0.255. The molecule has 0 atom stereocenters. The number of rotatable bonds is 3. The Hall–Kier alpha value is -1.71. The second kappa shape index (κ2) is 5.08. The zero-order valence-corrected chi connectivity index (χ0v) is 9.94. The fourth-order valence-corrected chi connectivity index (χ4v) is 2.08. The first-order chi connectivity index (χ1) is 8.19. The van der Waals surface area contributed by atoms with Crippen LogP contribution in [-0.2, 0) is 4.74 Å². The van der Waals surface area contributed by atoms with Gasteiger partial charge in [0.05, 0.1) is 12.7 Å². The third-order valence-corrected chi connectivity index (χ3v) is 2.98. The van der Waals surface area contributed by atoms with Crippen LogP contribution < -0.4 is 10.5 Å². The van der Waals surface area contributed by atoms with Crippen LogP contribution in [0.15, 0.2) is 18.2 Å². The molecule has 0 amide bonds. The highest BCUT2D eigenvalue weighted by Gasteiger charge is 2.20. The number of benzene rings is 1. The Morgan fingerprint density at radius 1 is 1.29 bits per heavy atom. The van der Waals surface area contributed by atoms with Crippen molar-refractivity contribution in [3.63, 3.8) is 0 Å². The van der Waals surface area contributed by atoms with E-state index in [1.54, 1.807) is 25.3 Å². The van der Waals surface area contributed by atoms with Gasteiger partial charge in [-0.1, -0.05) is 0 Å². The Kier molecular flexibility index (Phi) is 3.52. The molecule has 0 bridgehead atoms. The molecule has 0 aliphatic heterocycles. The van der Waals surface area contributed by atoms with Gasteiger partial charge in [0.15, 0.2) is 0 Å². The molecular formula is C13H17NO3. The third-order valence-electron chi connectivity index (χ3n) is 2.98. The number of hydrogen-bond donors (Lipinski definition) is 1. The van der Waals surface area contributed by atoms with Gasteiger partial charge in [0, 0.05) is 11.8 Å². The van der Waals surface area contributed by atoms with Crippen LogP contribution in [0.25, 0.3) is 0 Å². The molecule has 4 heteroatoms. The first-order valence-electron chi connectivity index (χ1n) is 5.84. The number of esters is 1. The summed E-state index contributed by atoms with van der Waals surface area (Å²) in [5, 5.41) is 0. The number of ether oxygens (including phenoxy) is 2. The van der Waals surface area contributed by atoms with Crippen LogP contribution in [-0.4, -0.2) is 19.2 Å². The quantitative estimate of drug-likeness (QED) is 0.645. The molecule has 1 aromatic rings. The Balaban J connectivity index is 2.09. The van der Waals surface area contributed by atoms with Crippen LogP contribution in [0.3, 0.4) is 0 Å². The van der Waals surface area contributed by atoms with Gasteiger partial charge in [-0.2, -0.15) is 0 Å². The lowest BCUT2D eigenvalue weighted by Gasteiger charge is -2.12. The first-order valence-corrected chi connectivity index (χ1v) is 5.84. The number of nitrogens with two attached hydrogens (primary N) is 1. The maximum absolute atomic E-state index is 11.9. The van der Waals surface area contributed by atoms with Crippen LogP contribution in [0.1, 0.15) is 36.0 Å². The molecule has 0 aromatic heterocycles. The maximum Gasteiger partial charge on any atom is 0.338 e. The predicted octanol–water partition coefficient (Wildman–Crippen LogP) is 2.38. The lowest BCUT2D eigenvalue weighted by Crippen LogP contribution is -2.15. The van der Waals surface area contributed by atoms with Gasteiger partial charge < -0.3 is 15.2 Å². The van der Waals surface area contributed by atoms with Gasteiger partial charge in [-0.3, -0.25) is 0 Å². The monoisotopic (exact) mass is 235 g/mol. The fraction of sp³-hybridized carbons (Fsp3) is 0.462. The summed E-state index contributed by atoms with van der Waals surface area (Å²) in [7, 11) is 1.54. The molecule has 1 aliphatic rings. The zero-order valence-electron chi connectivity index (χ0n) is 9.94. The van der Waals surface area contributed by atoms with Gasteiger partial charge in [-0.25, -0.2) is 4.79 Å². The van der Waals surface area contributed by atoms with Crippen molar-refractivity contribution in [2.45, 2.75) is 31.8 Å². The van der Waals surface area contributed by atoms with Crippen molar-refractivity contribution in [2.24, 2.45) is 0 Å². The summed E-state index contributed by atoms with van der Waals surface area (Å²) in [4.78, 5) is 11.9. The first kappa shape index (κ1) is 11.8.